The van der Waals surface area contributed by atoms with Crippen LogP contribution in [-0.2, 0) is 4.79 Å². The van der Waals surface area contributed by atoms with Gasteiger partial charge in [-0.15, -0.1) is 0 Å². The summed E-state index contributed by atoms with van der Waals surface area (Å²) in [5.74, 6) is 0.474. The number of amidine groups is 1. The third-order valence-corrected chi connectivity index (χ3v) is 2.61. The van der Waals surface area contributed by atoms with Crippen molar-refractivity contribution in [1.29, 1.82) is 0 Å². The Kier molecular flexibility index (Phi) is 5.47. The lowest BCUT2D eigenvalue weighted by molar-refractivity contribution is -0.118. The SMILES string of the molecule is C/C(=N\c1ccc(NC(=O)[C@H](N)CO)cc1)N(C)C. The summed E-state index contributed by atoms with van der Waals surface area (Å²) in [5.41, 5.74) is 6.83. The van der Waals surface area contributed by atoms with Crippen LogP contribution in [0, 0.1) is 0 Å². The van der Waals surface area contributed by atoms with Crippen LogP contribution in [0.1, 0.15) is 6.92 Å². The smallest absolute Gasteiger partial charge is 0.243 e. The van der Waals surface area contributed by atoms with Crippen molar-refractivity contribution in [3.63, 3.8) is 0 Å². The third kappa shape index (κ3) is 4.69. The molecule has 4 N–H and O–H groups in total. The number of carbonyl (C=O) groups excluding carboxylic acids is 1. The van der Waals surface area contributed by atoms with Crippen LogP contribution in [-0.4, -0.2) is 48.5 Å². The van der Waals surface area contributed by atoms with Crippen molar-refractivity contribution in [3.05, 3.63) is 24.3 Å². The molecule has 0 aliphatic rings. The second kappa shape index (κ2) is 6.86. The van der Waals surface area contributed by atoms with Crippen LogP contribution in [0.4, 0.5) is 11.4 Å². The van der Waals surface area contributed by atoms with Gasteiger partial charge in [-0.25, -0.2) is 4.99 Å². The molecule has 0 bridgehead atoms. The molecule has 1 aromatic rings. The van der Waals surface area contributed by atoms with E-state index in [1.165, 1.54) is 0 Å². The minimum atomic E-state index is -0.909. The molecule has 0 heterocycles. The van der Waals surface area contributed by atoms with E-state index in [0.717, 1.165) is 11.5 Å². The zero-order valence-corrected chi connectivity index (χ0v) is 11.4. The van der Waals surface area contributed by atoms with Gasteiger partial charge in [0.25, 0.3) is 0 Å². The van der Waals surface area contributed by atoms with Crippen LogP contribution in [0.3, 0.4) is 0 Å². The standard InChI is InChI=1S/C13H20N4O2/c1-9(17(2)3)15-10-4-6-11(7-5-10)16-13(19)12(14)8-18/h4-7,12,18H,8,14H2,1-3H3,(H,16,19)/b15-9+/t12-/m1/s1. The fourth-order valence-electron chi connectivity index (χ4n) is 1.22. The van der Waals surface area contributed by atoms with Gasteiger partial charge in [0.1, 0.15) is 11.9 Å². The number of aliphatic imine (C=N–C) groups is 1. The van der Waals surface area contributed by atoms with Gasteiger partial charge in [0.2, 0.25) is 5.91 Å². The molecule has 0 aliphatic carbocycles. The van der Waals surface area contributed by atoms with Gasteiger partial charge in [-0.2, -0.15) is 0 Å². The molecule has 0 saturated heterocycles. The molecule has 19 heavy (non-hydrogen) atoms. The number of aliphatic hydroxyl groups excluding tert-OH is 1. The molecule has 0 aromatic heterocycles. The van der Waals surface area contributed by atoms with E-state index in [2.05, 4.69) is 10.3 Å². The Morgan fingerprint density at radius 1 is 1.42 bits per heavy atom. The Bertz CT molecular complexity index is 454. The van der Waals surface area contributed by atoms with Crippen molar-refractivity contribution in [1.82, 2.24) is 4.90 Å². The molecule has 6 nitrogen and oxygen atoms in total. The Balaban J connectivity index is 2.72. The first-order valence-corrected chi connectivity index (χ1v) is 5.94. The average Bonchev–Trinajstić information content (AvgIpc) is 2.39. The fourth-order valence-corrected chi connectivity index (χ4v) is 1.22. The van der Waals surface area contributed by atoms with Gasteiger partial charge in [0.15, 0.2) is 0 Å². The maximum Gasteiger partial charge on any atom is 0.243 e. The zero-order chi connectivity index (χ0) is 14.4. The number of amides is 1. The number of hydrogen-bond acceptors (Lipinski definition) is 4. The summed E-state index contributed by atoms with van der Waals surface area (Å²) in [4.78, 5) is 17.8. The van der Waals surface area contributed by atoms with Crippen LogP contribution >= 0.6 is 0 Å². The molecule has 104 valence electrons. The van der Waals surface area contributed by atoms with Gasteiger partial charge in [0.05, 0.1) is 12.3 Å². The largest absolute Gasteiger partial charge is 0.394 e. The van der Waals surface area contributed by atoms with Crippen molar-refractivity contribution >= 4 is 23.1 Å². The molecule has 1 amide bonds. The zero-order valence-electron chi connectivity index (χ0n) is 11.4. The van der Waals surface area contributed by atoms with Crippen LogP contribution in [0.2, 0.25) is 0 Å². The summed E-state index contributed by atoms with van der Waals surface area (Å²) < 4.78 is 0. The van der Waals surface area contributed by atoms with Crippen molar-refractivity contribution in [2.45, 2.75) is 13.0 Å². The van der Waals surface area contributed by atoms with Gasteiger partial charge in [-0.3, -0.25) is 4.79 Å². The van der Waals surface area contributed by atoms with Crippen molar-refractivity contribution in [3.8, 4) is 0 Å². The first-order valence-electron chi connectivity index (χ1n) is 5.94. The number of nitrogens with two attached hydrogens (primary N) is 1. The van der Waals surface area contributed by atoms with E-state index in [4.69, 9.17) is 10.8 Å². The highest BCUT2D eigenvalue weighted by atomic mass is 16.3. The lowest BCUT2D eigenvalue weighted by Crippen LogP contribution is -2.38. The quantitative estimate of drug-likeness (QED) is 0.547. The molecule has 0 fully saturated rings. The summed E-state index contributed by atoms with van der Waals surface area (Å²) >= 11 is 0. The van der Waals surface area contributed by atoms with E-state index in [0.29, 0.717) is 5.69 Å². The highest BCUT2D eigenvalue weighted by molar-refractivity contribution is 5.94. The monoisotopic (exact) mass is 264 g/mol. The number of carbonyl (C=O) groups is 1. The molecule has 0 spiro atoms. The van der Waals surface area contributed by atoms with Gasteiger partial charge < -0.3 is 21.1 Å². The van der Waals surface area contributed by atoms with Crippen LogP contribution in [0.5, 0.6) is 0 Å². The van der Waals surface area contributed by atoms with Crippen molar-refractivity contribution < 1.29 is 9.90 Å². The Labute approximate surface area is 112 Å². The minimum Gasteiger partial charge on any atom is -0.394 e. The summed E-state index contributed by atoms with van der Waals surface area (Å²) in [6.45, 7) is 1.53. The normalized spacial score (nSPS) is 13.0. The molecular weight excluding hydrogens is 244 g/mol. The highest BCUT2D eigenvalue weighted by Crippen LogP contribution is 2.16. The maximum atomic E-state index is 11.5. The third-order valence-electron chi connectivity index (χ3n) is 2.61. The number of benzene rings is 1. The number of rotatable bonds is 4. The first-order chi connectivity index (χ1) is 8.93. The molecular formula is C13H20N4O2. The number of hydrogen-bond donors (Lipinski definition) is 3. The van der Waals surface area contributed by atoms with Crippen molar-refractivity contribution in [2.24, 2.45) is 10.7 Å². The van der Waals surface area contributed by atoms with Gasteiger partial charge in [-0.05, 0) is 31.2 Å². The molecule has 0 saturated carbocycles. The predicted molar refractivity (Wildman–Crippen MR) is 76.6 cm³/mol. The molecule has 1 aromatic carbocycles. The highest BCUT2D eigenvalue weighted by Gasteiger charge is 2.11. The van der Waals surface area contributed by atoms with E-state index < -0.39 is 11.9 Å². The maximum absolute atomic E-state index is 11.5. The number of nitrogens with one attached hydrogen (secondary N) is 1. The Hall–Kier alpha value is -1.92. The molecule has 0 unspecified atom stereocenters. The average molecular weight is 264 g/mol. The molecule has 0 aliphatic heterocycles. The Morgan fingerprint density at radius 2 is 2.00 bits per heavy atom. The van der Waals surface area contributed by atoms with E-state index in [-0.39, 0.29) is 6.61 Å². The predicted octanol–water partition coefficient (Wildman–Crippen LogP) is 0.556. The number of nitrogens with zero attached hydrogens (tertiary/aromatic N) is 2. The van der Waals surface area contributed by atoms with Crippen LogP contribution < -0.4 is 11.1 Å². The topological polar surface area (TPSA) is 91.0 Å². The number of aliphatic hydroxyl groups is 1. The summed E-state index contributed by atoms with van der Waals surface area (Å²) in [7, 11) is 3.84. The van der Waals surface area contributed by atoms with Gasteiger partial charge in [0, 0.05) is 19.8 Å². The summed E-state index contributed by atoms with van der Waals surface area (Å²) in [5, 5.41) is 11.4. The lowest BCUT2D eigenvalue weighted by Gasteiger charge is -2.11. The minimum absolute atomic E-state index is 0.379. The van der Waals surface area contributed by atoms with Crippen LogP contribution in [0.25, 0.3) is 0 Å². The second-order valence-corrected chi connectivity index (χ2v) is 4.38. The second-order valence-electron chi connectivity index (χ2n) is 4.38. The molecule has 0 radical (unpaired) electrons. The van der Waals surface area contributed by atoms with Gasteiger partial charge >= 0.3 is 0 Å². The molecule has 1 atom stereocenters. The van der Waals surface area contributed by atoms with E-state index >= 15 is 0 Å². The van der Waals surface area contributed by atoms with E-state index in [9.17, 15) is 4.79 Å². The molecule has 1 rings (SSSR count). The Morgan fingerprint density at radius 3 is 2.47 bits per heavy atom. The fraction of sp³-hybridized carbons (Fsp3) is 0.385. The summed E-state index contributed by atoms with van der Waals surface area (Å²) in [6.07, 6.45) is 0. The van der Waals surface area contributed by atoms with Crippen LogP contribution in [0.15, 0.2) is 29.3 Å². The van der Waals surface area contributed by atoms with Gasteiger partial charge in [-0.1, -0.05) is 0 Å². The first kappa shape index (κ1) is 15.1. The lowest BCUT2D eigenvalue weighted by atomic mass is 10.2. The van der Waals surface area contributed by atoms with E-state index in [1.807, 2.05) is 25.9 Å². The summed E-state index contributed by atoms with van der Waals surface area (Å²) in [6, 6.07) is 6.17. The molecule has 6 heteroatoms. The van der Waals surface area contributed by atoms with Crippen molar-refractivity contribution in [2.75, 3.05) is 26.0 Å². The van der Waals surface area contributed by atoms with E-state index in [1.54, 1.807) is 24.3 Å². The number of anilines is 1.